The van der Waals surface area contributed by atoms with Gasteiger partial charge in [0.05, 0.1) is 17.6 Å². The molecular weight excluding hydrogens is 314 g/mol. The van der Waals surface area contributed by atoms with Gasteiger partial charge in [-0.3, -0.25) is 0 Å². The average molecular weight is 328 g/mol. The second-order valence-corrected chi connectivity index (χ2v) is 5.55. The van der Waals surface area contributed by atoms with E-state index in [0.717, 1.165) is 21.4 Å². The van der Waals surface area contributed by atoms with Gasteiger partial charge in [-0.2, -0.15) is 5.10 Å². The van der Waals surface area contributed by atoms with E-state index in [2.05, 4.69) is 40.1 Å². The molecule has 0 spiro atoms. The van der Waals surface area contributed by atoms with Crippen LogP contribution in [0.4, 0.5) is 5.69 Å². The molecule has 0 aliphatic heterocycles. The first-order chi connectivity index (χ1) is 9.65. The summed E-state index contributed by atoms with van der Waals surface area (Å²) in [5.41, 5.74) is 10.8. The first kappa shape index (κ1) is 12.9. The van der Waals surface area contributed by atoms with Crippen LogP contribution in [0.25, 0.3) is 16.9 Å². The highest BCUT2D eigenvalue weighted by Gasteiger charge is 2.10. The zero-order valence-corrected chi connectivity index (χ0v) is 12.6. The Kier molecular flexibility index (Phi) is 3.32. The summed E-state index contributed by atoms with van der Waals surface area (Å²) in [6.45, 7) is 2.06. The van der Waals surface area contributed by atoms with Crippen LogP contribution in [0.2, 0.25) is 0 Å². The van der Waals surface area contributed by atoms with Crippen LogP contribution in [0, 0.1) is 6.92 Å². The van der Waals surface area contributed by atoms with E-state index in [9.17, 15) is 0 Å². The Bertz CT molecular complexity index is 745. The van der Waals surface area contributed by atoms with Crippen LogP contribution in [-0.4, -0.2) is 9.78 Å². The van der Waals surface area contributed by atoms with E-state index in [1.807, 2.05) is 42.6 Å². The molecule has 1 aromatic heterocycles. The van der Waals surface area contributed by atoms with E-state index in [4.69, 9.17) is 5.73 Å². The van der Waals surface area contributed by atoms with Gasteiger partial charge in [-0.15, -0.1) is 0 Å². The quantitative estimate of drug-likeness (QED) is 0.766. The molecule has 1 heterocycles. The van der Waals surface area contributed by atoms with Gasteiger partial charge in [0.1, 0.15) is 5.69 Å². The number of nitrogen functional groups attached to an aromatic ring is 1. The van der Waals surface area contributed by atoms with Crippen molar-refractivity contribution >= 4 is 21.6 Å². The van der Waals surface area contributed by atoms with Gasteiger partial charge in [0.15, 0.2) is 0 Å². The molecule has 0 amide bonds. The van der Waals surface area contributed by atoms with Gasteiger partial charge in [0, 0.05) is 10.0 Å². The molecule has 0 bridgehead atoms. The maximum atomic E-state index is 6.10. The first-order valence-corrected chi connectivity index (χ1v) is 7.11. The highest BCUT2D eigenvalue weighted by molar-refractivity contribution is 9.10. The Labute approximate surface area is 126 Å². The van der Waals surface area contributed by atoms with Gasteiger partial charge in [-0.25, -0.2) is 4.68 Å². The third-order valence-corrected chi connectivity index (χ3v) is 3.84. The smallest absolute Gasteiger partial charge is 0.116 e. The van der Waals surface area contributed by atoms with E-state index in [1.165, 1.54) is 5.56 Å². The van der Waals surface area contributed by atoms with Crippen molar-refractivity contribution < 1.29 is 0 Å². The molecule has 0 aliphatic carbocycles. The molecular formula is C16H14BrN3. The summed E-state index contributed by atoms with van der Waals surface area (Å²) in [5, 5.41) is 4.60. The fraction of sp³-hybridized carbons (Fsp3) is 0.0625. The van der Waals surface area contributed by atoms with Crippen molar-refractivity contribution in [1.29, 1.82) is 0 Å². The SMILES string of the molecule is Cc1ccc(-c2nn(-c3ccccc3Br)cc2N)cc1. The summed E-state index contributed by atoms with van der Waals surface area (Å²) >= 11 is 3.53. The standard InChI is InChI=1S/C16H14BrN3/c1-11-6-8-12(9-7-11)16-14(18)10-20(19-16)15-5-3-2-4-13(15)17/h2-10H,18H2,1H3. The van der Waals surface area contributed by atoms with Gasteiger partial charge in [-0.1, -0.05) is 42.0 Å². The monoisotopic (exact) mass is 327 g/mol. The van der Waals surface area contributed by atoms with Crippen molar-refractivity contribution in [3.63, 3.8) is 0 Å². The number of benzene rings is 2. The lowest BCUT2D eigenvalue weighted by atomic mass is 10.1. The maximum Gasteiger partial charge on any atom is 0.116 e. The molecule has 0 unspecified atom stereocenters. The second-order valence-electron chi connectivity index (χ2n) is 4.70. The molecule has 3 nitrogen and oxygen atoms in total. The van der Waals surface area contributed by atoms with E-state index in [1.54, 1.807) is 4.68 Å². The van der Waals surface area contributed by atoms with Crippen molar-refractivity contribution in [3.05, 3.63) is 64.8 Å². The van der Waals surface area contributed by atoms with Crippen molar-refractivity contribution in [2.45, 2.75) is 6.92 Å². The molecule has 20 heavy (non-hydrogen) atoms. The van der Waals surface area contributed by atoms with E-state index in [-0.39, 0.29) is 0 Å². The first-order valence-electron chi connectivity index (χ1n) is 6.32. The molecule has 0 aliphatic rings. The number of para-hydroxylation sites is 1. The van der Waals surface area contributed by atoms with Crippen LogP contribution < -0.4 is 5.73 Å². The Balaban J connectivity index is 2.08. The molecule has 0 radical (unpaired) electrons. The Morgan fingerprint density at radius 3 is 2.45 bits per heavy atom. The average Bonchev–Trinajstić information content (AvgIpc) is 2.82. The highest BCUT2D eigenvalue weighted by Crippen LogP contribution is 2.27. The molecule has 0 atom stereocenters. The Morgan fingerprint density at radius 1 is 1.05 bits per heavy atom. The number of aryl methyl sites for hydroxylation is 1. The topological polar surface area (TPSA) is 43.8 Å². The number of rotatable bonds is 2. The van der Waals surface area contributed by atoms with Crippen LogP contribution in [0.5, 0.6) is 0 Å². The minimum Gasteiger partial charge on any atom is -0.396 e. The van der Waals surface area contributed by atoms with Crippen LogP contribution >= 0.6 is 15.9 Å². The molecule has 0 saturated carbocycles. The lowest BCUT2D eigenvalue weighted by Crippen LogP contribution is -1.95. The molecule has 2 N–H and O–H groups in total. The van der Waals surface area contributed by atoms with Crippen molar-refractivity contribution in [2.75, 3.05) is 5.73 Å². The minimum atomic E-state index is 0.671. The van der Waals surface area contributed by atoms with Crippen molar-refractivity contribution in [2.24, 2.45) is 0 Å². The lowest BCUT2D eigenvalue weighted by Gasteiger charge is -2.03. The fourth-order valence-corrected chi connectivity index (χ4v) is 2.55. The maximum absolute atomic E-state index is 6.10. The minimum absolute atomic E-state index is 0.671. The summed E-state index contributed by atoms with van der Waals surface area (Å²) < 4.78 is 2.78. The van der Waals surface area contributed by atoms with Crippen molar-refractivity contribution in [1.82, 2.24) is 9.78 Å². The molecule has 3 aromatic rings. The number of halogens is 1. The second kappa shape index (κ2) is 5.13. The number of aromatic nitrogens is 2. The molecule has 4 heteroatoms. The molecule has 0 saturated heterocycles. The van der Waals surface area contributed by atoms with Gasteiger partial charge >= 0.3 is 0 Å². The summed E-state index contributed by atoms with van der Waals surface area (Å²) in [4.78, 5) is 0. The van der Waals surface area contributed by atoms with Crippen LogP contribution in [0.1, 0.15) is 5.56 Å². The Hall–Kier alpha value is -2.07. The van der Waals surface area contributed by atoms with Gasteiger partial charge in [0.25, 0.3) is 0 Å². The zero-order valence-electron chi connectivity index (χ0n) is 11.0. The zero-order chi connectivity index (χ0) is 14.1. The summed E-state index contributed by atoms with van der Waals surface area (Å²) in [5.74, 6) is 0. The third kappa shape index (κ3) is 2.34. The van der Waals surface area contributed by atoms with E-state index in [0.29, 0.717) is 5.69 Å². The van der Waals surface area contributed by atoms with Crippen LogP contribution in [0.15, 0.2) is 59.2 Å². The van der Waals surface area contributed by atoms with E-state index < -0.39 is 0 Å². The van der Waals surface area contributed by atoms with Gasteiger partial charge < -0.3 is 5.73 Å². The van der Waals surface area contributed by atoms with E-state index >= 15 is 0 Å². The number of hydrogen-bond donors (Lipinski definition) is 1. The Morgan fingerprint density at radius 2 is 1.75 bits per heavy atom. The van der Waals surface area contributed by atoms with Gasteiger partial charge in [-0.05, 0) is 35.0 Å². The normalized spacial score (nSPS) is 10.7. The predicted octanol–water partition coefficient (Wildman–Crippen LogP) is 4.19. The molecule has 2 aromatic carbocycles. The summed E-state index contributed by atoms with van der Waals surface area (Å²) in [6.07, 6.45) is 1.84. The lowest BCUT2D eigenvalue weighted by molar-refractivity contribution is 0.880. The third-order valence-electron chi connectivity index (χ3n) is 3.17. The largest absolute Gasteiger partial charge is 0.396 e. The molecule has 3 rings (SSSR count). The number of hydrogen-bond acceptors (Lipinski definition) is 2. The fourth-order valence-electron chi connectivity index (χ4n) is 2.08. The number of nitrogens with zero attached hydrogens (tertiary/aromatic N) is 2. The number of nitrogens with two attached hydrogens (primary N) is 1. The predicted molar refractivity (Wildman–Crippen MR) is 85.8 cm³/mol. The van der Waals surface area contributed by atoms with Crippen LogP contribution in [0.3, 0.4) is 0 Å². The van der Waals surface area contributed by atoms with Gasteiger partial charge in [0.2, 0.25) is 0 Å². The van der Waals surface area contributed by atoms with Crippen molar-refractivity contribution in [3.8, 4) is 16.9 Å². The van der Waals surface area contributed by atoms with Crippen LogP contribution in [-0.2, 0) is 0 Å². The molecule has 0 fully saturated rings. The molecule has 100 valence electrons. The number of anilines is 1. The summed E-state index contributed by atoms with van der Waals surface area (Å²) in [7, 11) is 0. The summed E-state index contributed by atoms with van der Waals surface area (Å²) in [6, 6.07) is 16.1. The highest BCUT2D eigenvalue weighted by atomic mass is 79.9.